The Morgan fingerprint density at radius 2 is 1.81 bits per heavy atom. The number of urea groups is 1. The second kappa shape index (κ2) is 6.99. The van der Waals surface area contributed by atoms with Gasteiger partial charge in [-0.05, 0) is 30.7 Å². The summed E-state index contributed by atoms with van der Waals surface area (Å²) in [5, 5.41) is 11.3. The minimum atomic E-state index is -1.26. The van der Waals surface area contributed by atoms with Crippen molar-refractivity contribution >= 4 is 35.4 Å². The number of barbiturate groups is 1. The van der Waals surface area contributed by atoms with Gasteiger partial charge in [0.2, 0.25) is 5.91 Å². The van der Waals surface area contributed by atoms with Gasteiger partial charge in [-0.3, -0.25) is 19.9 Å². The van der Waals surface area contributed by atoms with E-state index in [4.69, 9.17) is 5.26 Å². The van der Waals surface area contributed by atoms with Crippen molar-refractivity contribution in [3.05, 3.63) is 59.7 Å². The third-order valence-corrected chi connectivity index (χ3v) is 3.95. The zero-order chi connectivity index (χ0) is 18.7. The number of nitrogens with zero attached hydrogens (tertiary/aromatic N) is 3. The fraction of sp³-hybridized carbons (Fsp3) is 0.105. The first-order valence-electron chi connectivity index (χ1n) is 7.80. The Morgan fingerprint density at radius 3 is 2.54 bits per heavy atom. The number of benzene rings is 2. The number of carbonyl (C=O) groups is 3. The molecule has 1 heterocycles. The number of nitrogens with one attached hydrogen (secondary N) is 1. The number of amides is 4. The molecule has 1 saturated heterocycles. The van der Waals surface area contributed by atoms with Crippen molar-refractivity contribution in [1.29, 1.82) is 5.26 Å². The topological polar surface area (TPSA) is 103 Å². The highest BCUT2D eigenvalue weighted by atomic mass is 16.2. The summed E-state index contributed by atoms with van der Waals surface area (Å²) in [7, 11) is 0. The minimum Gasteiger partial charge on any atom is -0.276 e. The molecule has 0 unspecified atom stereocenters. The summed E-state index contributed by atoms with van der Waals surface area (Å²) < 4.78 is 0. The number of hydrogen-bond acceptors (Lipinski definition) is 5. The van der Waals surface area contributed by atoms with Gasteiger partial charge >= 0.3 is 6.03 Å². The van der Waals surface area contributed by atoms with Crippen LogP contribution in [0.15, 0.2) is 53.5 Å². The van der Waals surface area contributed by atoms with Crippen molar-refractivity contribution in [2.75, 3.05) is 4.90 Å². The van der Waals surface area contributed by atoms with E-state index in [1.807, 2.05) is 6.07 Å². The molecular weight excluding hydrogens is 332 g/mol. The zero-order valence-corrected chi connectivity index (χ0v) is 13.8. The predicted molar refractivity (Wildman–Crippen MR) is 95.0 cm³/mol. The fourth-order valence-corrected chi connectivity index (χ4v) is 2.60. The Balaban J connectivity index is 1.95. The van der Waals surface area contributed by atoms with E-state index in [1.165, 1.54) is 0 Å². The van der Waals surface area contributed by atoms with Crippen LogP contribution in [-0.2, 0) is 9.59 Å². The van der Waals surface area contributed by atoms with Gasteiger partial charge in [-0.2, -0.15) is 5.26 Å². The normalized spacial score (nSPS) is 17.3. The molecule has 0 bridgehead atoms. The maximum atomic E-state index is 12.8. The Morgan fingerprint density at radius 1 is 1.12 bits per heavy atom. The van der Waals surface area contributed by atoms with Gasteiger partial charge < -0.3 is 0 Å². The molecule has 4 amide bonds. The first-order valence-corrected chi connectivity index (χ1v) is 7.80. The van der Waals surface area contributed by atoms with Crippen LogP contribution in [0.1, 0.15) is 11.1 Å². The second-order valence-electron chi connectivity index (χ2n) is 5.64. The van der Waals surface area contributed by atoms with E-state index in [-0.39, 0.29) is 0 Å². The SMILES string of the molecule is Cc1ccccc1N1C(=O)NC(=O)[C@@H](C=Nc2ccccc2C#N)C1=O. The minimum absolute atomic E-state index is 0.319. The average Bonchev–Trinajstić information content (AvgIpc) is 2.63. The predicted octanol–water partition coefficient (Wildman–Crippen LogP) is 2.47. The molecule has 1 N–H and O–H groups in total. The molecule has 0 saturated carbocycles. The molecule has 1 aliphatic heterocycles. The molecule has 7 heteroatoms. The molecule has 0 spiro atoms. The highest BCUT2D eigenvalue weighted by Gasteiger charge is 2.40. The van der Waals surface area contributed by atoms with Crippen LogP contribution in [0.3, 0.4) is 0 Å². The molecule has 2 aromatic carbocycles. The number of imide groups is 2. The van der Waals surface area contributed by atoms with Crippen molar-refractivity contribution in [3.8, 4) is 6.07 Å². The quantitative estimate of drug-likeness (QED) is 0.681. The van der Waals surface area contributed by atoms with Crippen LogP contribution >= 0.6 is 0 Å². The number of nitriles is 1. The maximum Gasteiger partial charge on any atom is 0.335 e. The van der Waals surface area contributed by atoms with Gasteiger partial charge in [-0.25, -0.2) is 9.69 Å². The highest BCUT2D eigenvalue weighted by Crippen LogP contribution is 2.24. The van der Waals surface area contributed by atoms with E-state index in [0.717, 1.165) is 16.7 Å². The highest BCUT2D eigenvalue weighted by molar-refractivity contribution is 6.32. The van der Waals surface area contributed by atoms with Crippen molar-refractivity contribution in [1.82, 2.24) is 5.32 Å². The number of anilines is 1. The van der Waals surface area contributed by atoms with Gasteiger partial charge in [-0.15, -0.1) is 0 Å². The number of para-hydroxylation sites is 2. The lowest BCUT2D eigenvalue weighted by atomic mass is 10.0. The van der Waals surface area contributed by atoms with Gasteiger partial charge in [0, 0.05) is 6.21 Å². The summed E-state index contributed by atoms with van der Waals surface area (Å²) in [6.07, 6.45) is 1.16. The molecule has 1 fully saturated rings. The second-order valence-corrected chi connectivity index (χ2v) is 5.64. The monoisotopic (exact) mass is 346 g/mol. The molecule has 1 atom stereocenters. The number of aliphatic imine (C=N–C) groups is 1. The molecule has 1 aliphatic rings. The molecule has 26 heavy (non-hydrogen) atoms. The molecule has 0 aliphatic carbocycles. The summed E-state index contributed by atoms with van der Waals surface area (Å²) in [6, 6.07) is 14.6. The van der Waals surface area contributed by atoms with Crippen LogP contribution < -0.4 is 10.2 Å². The largest absolute Gasteiger partial charge is 0.335 e. The van der Waals surface area contributed by atoms with Crippen molar-refractivity contribution in [2.24, 2.45) is 10.9 Å². The van der Waals surface area contributed by atoms with E-state index >= 15 is 0 Å². The third-order valence-electron chi connectivity index (χ3n) is 3.95. The Bertz CT molecular complexity index is 975. The van der Waals surface area contributed by atoms with Gasteiger partial charge in [0.1, 0.15) is 6.07 Å². The van der Waals surface area contributed by atoms with Crippen LogP contribution in [0, 0.1) is 24.2 Å². The summed E-state index contributed by atoms with van der Waals surface area (Å²) in [5.41, 5.74) is 1.78. The Hall–Kier alpha value is -3.79. The van der Waals surface area contributed by atoms with Crippen LogP contribution in [-0.4, -0.2) is 24.1 Å². The molecule has 0 radical (unpaired) electrons. The van der Waals surface area contributed by atoms with Gasteiger partial charge in [0.15, 0.2) is 5.92 Å². The first kappa shape index (κ1) is 17.0. The summed E-state index contributed by atoms with van der Waals surface area (Å²) >= 11 is 0. The molecule has 3 rings (SSSR count). The Kier molecular flexibility index (Phi) is 4.58. The lowest BCUT2D eigenvalue weighted by Crippen LogP contribution is -2.58. The van der Waals surface area contributed by atoms with Gasteiger partial charge in [-0.1, -0.05) is 30.3 Å². The van der Waals surface area contributed by atoms with Crippen LogP contribution in [0.4, 0.5) is 16.2 Å². The van der Waals surface area contributed by atoms with E-state index < -0.39 is 23.8 Å². The maximum absolute atomic E-state index is 12.8. The van der Waals surface area contributed by atoms with Gasteiger partial charge in [0.25, 0.3) is 5.91 Å². The Labute approximate surface area is 149 Å². The number of hydrogen-bond donors (Lipinski definition) is 1. The van der Waals surface area contributed by atoms with E-state index in [0.29, 0.717) is 16.9 Å². The smallest absolute Gasteiger partial charge is 0.276 e. The number of rotatable bonds is 3. The summed E-state index contributed by atoms with van der Waals surface area (Å²) in [5.74, 6) is -2.70. The van der Waals surface area contributed by atoms with Gasteiger partial charge in [0.05, 0.1) is 16.9 Å². The fourth-order valence-electron chi connectivity index (χ4n) is 2.60. The number of carbonyl (C=O) groups excluding carboxylic acids is 3. The molecule has 2 aromatic rings. The first-order chi connectivity index (χ1) is 12.5. The van der Waals surface area contributed by atoms with Crippen LogP contribution in [0.5, 0.6) is 0 Å². The zero-order valence-electron chi connectivity index (χ0n) is 13.8. The van der Waals surface area contributed by atoms with Crippen LogP contribution in [0.2, 0.25) is 0 Å². The standard InChI is InChI=1S/C19H14N4O3/c1-12-6-2-5-9-16(12)23-18(25)14(17(24)22-19(23)26)11-21-15-8-4-3-7-13(15)10-20/h2-9,11,14H,1H3,(H,22,24,26)/t14-/m1/s1. The lowest BCUT2D eigenvalue weighted by molar-refractivity contribution is -0.131. The molecule has 0 aromatic heterocycles. The average molecular weight is 346 g/mol. The molecule has 7 nitrogen and oxygen atoms in total. The van der Waals surface area contributed by atoms with E-state index in [1.54, 1.807) is 55.5 Å². The third kappa shape index (κ3) is 3.08. The van der Waals surface area contributed by atoms with Crippen LogP contribution in [0.25, 0.3) is 0 Å². The lowest BCUT2D eigenvalue weighted by Gasteiger charge is -2.29. The summed E-state index contributed by atoms with van der Waals surface area (Å²) in [4.78, 5) is 42.1. The van der Waals surface area contributed by atoms with E-state index in [9.17, 15) is 14.4 Å². The van der Waals surface area contributed by atoms with Crippen molar-refractivity contribution < 1.29 is 14.4 Å². The van der Waals surface area contributed by atoms with Crippen molar-refractivity contribution in [2.45, 2.75) is 6.92 Å². The van der Waals surface area contributed by atoms with Crippen molar-refractivity contribution in [3.63, 3.8) is 0 Å². The number of aryl methyl sites for hydroxylation is 1. The molecule has 128 valence electrons. The summed E-state index contributed by atoms with van der Waals surface area (Å²) in [6.45, 7) is 1.76. The molecular formula is C19H14N4O3. The van der Waals surface area contributed by atoms with E-state index in [2.05, 4.69) is 10.3 Å².